The van der Waals surface area contributed by atoms with Crippen molar-refractivity contribution in [2.45, 2.75) is 11.7 Å². The van der Waals surface area contributed by atoms with E-state index in [1.165, 1.54) is 11.8 Å². The fraction of sp³-hybridized carbons (Fsp3) is 0.214. The number of anilines is 2. The summed E-state index contributed by atoms with van der Waals surface area (Å²) in [4.78, 5) is 13.8. The molecule has 2 N–H and O–H groups in total. The molecule has 6 nitrogen and oxygen atoms in total. The standard InChI is InChI=1S/C14H17N5OS/c1-3-9-19-13(15)16-17-14(19)21-10-12(20)18(2)11-7-5-4-6-8-11/h3-8H,1,9-10H2,2H3,(H2,15,16). The van der Waals surface area contributed by atoms with Crippen LogP contribution in [-0.2, 0) is 11.3 Å². The molecule has 0 spiro atoms. The number of hydrogen-bond acceptors (Lipinski definition) is 5. The second-order valence-corrected chi connectivity index (χ2v) is 5.26. The van der Waals surface area contributed by atoms with E-state index in [2.05, 4.69) is 16.8 Å². The zero-order valence-electron chi connectivity index (χ0n) is 11.8. The van der Waals surface area contributed by atoms with Gasteiger partial charge in [-0.2, -0.15) is 0 Å². The second-order valence-electron chi connectivity index (χ2n) is 4.32. The molecule has 0 aliphatic carbocycles. The molecule has 0 aliphatic rings. The molecule has 110 valence electrons. The first-order valence-electron chi connectivity index (χ1n) is 6.37. The van der Waals surface area contributed by atoms with Gasteiger partial charge in [0.05, 0.1) is 5.75 Å². The smallest absolute Gasteiger partial charge is 0.237 e. The van der Waals surface area contributed by atoms with Crippen LogP contribution in [0.1, 0.15) is 0 Å². The van der Waals surface area contributed by atoms with E-state index in [4.69, 9.17) is 5.73 Å². The Balaban J connectivity index is 2.00. The first-order chi connectivity index (χ1) is 10.1. The van der Waals surface area contributed by atoms with E-state index in [1.54, 1.807) is 22.6 Å². The zero-order valence-corrected chi connectivity index (χ0v) is 12.6. The fourth-order valence-corrected chi connectivity index (χ4v) is 2.59. The highest BCUT2D eigenvalue weighted by Crippen LogP contribution is 2.20. The molecule has 0 aliphatic heterocycles. The van der Waals surface area contributed by atoms with Crippen LogP contribution in [0, 0.1) is 0 Å². The minimum Gasteiger partial charge on any atom is -0.368 e. The number of nitrogen functional groups attached to an aromatic ring is 1. The van der Waals surface area contributed by atoms with Crippen molar-refractivity contribution in [3.8, 4) is 0 Å². The largest absolute Gasteiger partial charge is 0.368 e. The number of para-hydroxylation sites is 1. The Morgan fingerprint density at radius 1 is 1.43 bits per heavy atom. The van der Waals surface area contributed by atoms with Crippen LogP contribution in [0.25, 0.3) is 0 Å². The molecule has 2 aromatic rings. The molecule has 0 unspecified atom stereocenters. The van der Waals surface area contributed by atoms with E-state index >= 15 is 0 Å². The summed E-state index contributed by atoms with van der Waals surface area (Å²) in [7, 11) is 1.75. The average Bonchev–Trinajstić information content (AvgIpc) is 2.86. The lowest BCUT2D eigenvalue weighted by atomic mass is 10.3. The van der Waals surface area contributed by atoms with Gasteiger partial charge < -0.3 is 10.6 Å². The lowest BCUT2D eigenvalue weighted by Crippen LogP contribution is -2.27. The lowest BCUT2D eigenvalue weighted by molar-refractivity contribution is -0.115. The van der Waals surface area contributed by atoms with Gasteiger partial charge in [-0.15, -0.1) is 16.8 Å². The number of allylic oxidation sites excluding steroid dienone is 1. The van der Waals surface area contributed by atoms with Crippen LogP contribution in [0.2, 0.25) is 0 Å². The Morgan fingerprint density at radius 3 is 2.81 bits per heavy atom. The Kier molecular flexibility index (Phi) is 4.99. The molecule has 1 heterocycles. The van der Waals surface area contributed by atoms with Crippen LogP contribution in [0.5, 0.6) is 0 Å². The van der Waals surface area contributed by atoms with Crippen molar-refractivity contribution in [3.63, 3.8) is 0 Å². The lowest BCUT2D eigenvalue weighted by Gasteiger charge is -2.16. The summed E-state index contributed by atoms with van der Waals surface area (Å²) in [5.74, 6) is 0.569. The fourth-order valence-electron chi connectivity index (χ4n) is 1.73. The van der Waals surface area contributed by atoms with E-state index in [9.17, 15) is 4.79 Å². The minimum atomic E-state index is -0.0158. The topological polar surface area (TPSA) is 77.0 Å². The van der Waals surface area contributed by atoms with E-state index in [-0.39, 0.29) is 11.7 Å². The summed E-state index contributed by atoms with van der Waals surface area (Å²) in [5.41, 5.74) is 6.57. The van der Waals surface area contributed by atoms with Gasteiger partial charge in [0.25, 0.3) is 0 Å². The maximum absolute atomic E-state index is 12.2. The number of nitrogens with two attached hydrogens (primary N) is 1. The van der Waals surface area contributed by atoms with Crippen LogP contribution >= 0.6 is 11.8 Å². The summed E-state index contributed by atoms with van der Waals surface area (Å²) >= 11 is 1.31. The van der Waals surface area contributed by atoms with Crippen molar-refractivity contribution >= 4 is 29.3 Å². The molecule has 0 atom stereocenters. The predicted molar refractivity (Wildman–Crippen MR) is 85.2 cm³/mol. The molecule has 1 amide bonds. The number of hydrogen-bond donors (Lipinski definition) is 1. The third-order valence-corrected chi connectivity index (χ3v) is 3.85. The number of nitrogens with zero attached hydrogens (tertiary/aromatic N) is 4. The zero-order chi connectivity index (χ0) is 15.2. The van der Waals surface area contributed by atoms with Gasteiger partial charge in [-0.1, -0.05) is 36.0 Å². The van der Waals surface area contributed by atoms with E-state index in [1.807, 2.05) is 30.3 Å². The highest BCUT2D eigenvalue weighted by molar-refractivity contribution is 7.99. The molecule has 21 heavy (non-hydrogen) atoms. The summed E-state index contributed by atoms with van der Waals surface area (Å²) < 4.78 is 1.72. The van der Waals surface area contributed by atoms with Gasteiger partial charge in [-0.25, -0.2) is 0 Å². The molecule has 0 saturated heterocycles. The van der Waals surface area contributed by atoms with Crippen molar-refractivity contribution in [2.75, 3.05) is 23.4 Å². The minimum absolute atomic E-state index is 0.0158. The van der Waals surface area contributed by atoms with Crippen molar-refractivity contribution in [2.24, 2.45) is 0 Å². The number of carbonyl (C=O) groups is 1. The monoisotopic (exact) mass is 303 g/mol. The van der Waals surface area contributed by atoms with Crippen molar-refractivity contribution in [3.05, 3.63) is 43.0 Å². The Bertz CT molecular complexity index is 626. The van der Waals surface area contributed by atoms with Crippen LogP contribution in [0.15, 0.2) is 48.1 Å². The van der Waals surface area contributed by atoms with Crippen LogP contribution < -0.4 is 10.6 Å². The Labute approximate surface area is 127 Å². The average molecular weight is 303 g/mol. The number of rotatable bonds is 6. The molecule has 0 bridgehead atoms. The number of thioether (sulfide) groups is 1. The SMILES string of the molecule is C=CCn1c(N)nnc1SCC(=O)N(C)c1ccccc1. The summed E-state index contributed by atoms with van der Waals surface area (Å²) in [6.45, 7) is 4.18. The van der Waals surface area contributed by atoms with Gasteiger partial charge in [0.15, 0.2) is 5.16 Å². The maximum atomic E-state index is 12.2. The highest BCUT2D eigenvalue weighted by atomic mass is 32.2. The first kappa shape index (κ1) is 15.1. The van der Waals surface area contributed by atoms with Gasteiger partial charge in [0.1, 0.15) is 0 Å². The third-order valence-electron chi connectivity index (χ3n) is 2.90. The van der Waals surface area contributed by atoms with Crippen molar-refractivity contribution in [1.29, 1.82) is 0 Å². The van der Waals surface area contributed by atoms with Gasteiger partial charge >= 0.3 is 0 Å². The predicted octanol–water partition coefficient (Wildman–Crippen LogP) is 1.80. The van der Waals surface area contributed by atoms with Crippen molar-refractivity contribution in [1.82, 2.24) is 14.8 Å². The normalized spacial score (nSPS) is 10.3. The number of carbonyl (C=O) groups excluding carboxylic acids is 1. The molecule has 1 aromatic heterocycles. The Morgan fingerprint density at radius 2 is 2.14 bits per heavy atom. The van der Waals surface area contributed by atoms with Crippen LogP contribution in [-0.4, -0.2) is 33.5 Å². The van der Waals surface area contributed by atoms with Gasteiger partial charge in [0.2, 0.25) is 11.9 Å². The van der Waals surface area contributed by atoms with Gasteiger partial charge in [0, 0.05) is 19.3 Å². The molecule has 2 rings (SSSR count). The molecule has 0 saturated carbocycles. The molecule has 1 aromatic carbocycles. The second kappa shape index (κ2) is 6.94. The molecular formula is C14H17N5OS. The van der Waals surface area contributed by atoms with Gasteiger partial charge in [-0.05, 0) is 12.1 Å². The van der Waals surface area contributed by atoms with E-state index < -0.39 is 0 Å². The van der Waals surface area contributed by atoms with E-state index in [0.717, 1.165) is 5.69 Å². The summed E-state index contributed by atoms with van der Waals surface area (Å²) in [6, 6.07) is 9.49. The number of aromatic nitrogens is 3. The molecular weight excluding hydrogens is 286 g/mol. The van der Waals surface area contributed by atoms with Gasteiger partial charge in [-0.3, -0.25) is 9.36 Å². The molecule has 0 fully saturated rings. The molecule has 0 radical (unpaired) electrons. The van der Waals surface area contributed by atoms with Crippen LogP contribution in [0.4, 0.5) is 11.6 Å². The van der Waals surface area contributed by atoms with Crippen LogP contribution in [0.3, 0.4) is 0 Å². The molecule has 7 heteroatoms. The quantitative estimate of drug-likeness (QED) is 0.650. The number of amides is 1. The highest BCUT2D eigenvalue weighted by Gasteiger charge is 2.14. The Hall–Kier alpha value is -2.28. The third kappa shape index (κ3) is 3.63. The summed E-state index contributed by atoms with van der Waals surface area (Å²) in [5, 5.41) is 8.40. The summed E-state index contributed by atoms with van der Waals surface area (Å²) in [6.07, 6.45) is 1.71. The first-order valence-corrected chi connectivity index (χ1v) is 7.36. The van der Waals surface area contributed by atoms with E-state index in [0.29, 0.717) is 17.6 Å². The number of benzene rings is 1. The maximum Gasteiger partial charge on any atom is 0.237 e. The van der Waals surface area contributed by atoms with Crippen molar-refractivity contribution < 1.29 is 4.79 Å².